The van der Waals surface area contributed by atoms with Crippen LogP contribution in [0.2, 0.25) is 0 Å². The molecule has 0 saturated carbocycles. The third-order valence-corrected chi connectivity index (χ3v) is 4.16. The van der Waals surface area contributed by atoms with Gasteiger partial charge in [-0.2, -0.15) is 0 Å². The predicted molar refractivity (Wildman–Crippen MR) is 95.5 cm³/mol. The number of amides is 1. The Morgan fingerprint density at radius 3 is 2.52 bits per heavy atom. The van der Waals surface area contributed by atoms with Crippen LogP contribution in [-0.2, 0) is 4.74 Å². The lowest BCUT2D eigenvalue weighted by molar-refractivity contribution is 0.0204. The number of hydrogen-bond donors (Lipinski definition) is 0. The van der Waals surface area contributed by atoms with Crippen molar-refractivity contribution >= 4 is 22.0 Å². The van der Waals surface area contributed by atoms with Gasteiger partial charge in [0.25, 0.3) is 0 Å². The number of hydrogen-bond acceptors (Lipinski definition) is 3. The van der Waals surface area contributed by atoms with E-state index in [-0.39, 0.29) is 6.09 Å². The van der Waals surface area contributed by atoms with E-state index in [9.17, 15) is 4.79 Å². The number of para-hydroxylation sites is 1. The zero-order valence-corrected chi connectivity index (χ0v) is 15.8. The quantitative estimate of drug-likeness (QED) is 0.714. The van der Waals surface area contributed by atoms with Gasteiger partial charge in [-0.15, -0.1) is 0 Å². The molecule has 1 aliphatic rings. The second-order valence-electron chi connectivity index (χ2n) is 6.82. The van der Waals surface area contributed by atoms with Gasteiger partial charge >= 0.3 is 6.09 Å². The molecule has 5 heteroatoms. The van der Waals surface area contributed by atoms with E-state index in [0.717, 1.165) is 37.0 Å². The number of nitrogens with zero attached hydrogens (tertiary/aromatic N) is 1. The largest absolute Gasteiger partial charge is 0.492 e. The lowest BCUT2D eigenvalue weighted by Crippen LogP contribution is -2.41. The van der Waals surface area contributed by atoms with E-state index in [2.05, 4.69) is 28.1 Å². The molecule has 0 atom stereocenters. The standard InChI is InChI=1S/C18H26BrNO3/c1-18(2,3)23-17(21)20-11-8-14(9-12-20)15-6-4-5-7-16(15)22-13-10-19/h4-7,14H,8-13H2,1-3H3. The van der Waals surface area contributed by atoms with Crippen LogP contribution in [0.1, 0.15) is 45.1 Å². The minimum atomic E-state index is -0.440. The highest BCUT2D eigenvalue weighted by atomic mass is 79.9. The first kappa shape index (κ1) is 18.1. The molecule has 23 heavy (non-hydrogen) atoms. The SMILES string of the molecule is CC(C)(C)OC(=O)N1CCC(c2ccccc2OCCBr)CC1. The lowest BCUT2D eigenvalue weighted by atomic mass is 9.89. The molecule has 0 aliphatic carbocycles. The highest BCUT2D eigenvalue weighted by Gasteiger charge is 2.28. The summed E-state index contributed by atoms with van der Waals surface area (Å²) in [6, 6.07) is 8.22. The molecule has 0 spiro atoms. The number of rotatable bonds is 4. The Kier molecular flexibility index (Phi) is 6.33. The molecule has 0 N–H and O–H groups in total. The minimum Gasteiger partial charge on any atom is -0.492 e. The number of likely N-dealkylation sites (tertiary alicyclic amines) is 1. The van der Waals surface area contributed by atoms with Gasteiger partial charge in [-0.3, -0.25) is 0 Å². The summed E-state index contributed by atoms with van der Waals surface area (Å²) in [4.78, 5) is 13.9. The van der Waals surface area contributed by atoms with E-state index in [1.54, 1.807) is 0 Å². The van der Waals surface area contributed by atoms with E-state index in [4.69, 9.17) is 9.47 Å². The molecule has 2 rings (SSSR count). The maximum Gasteiger partial charge on any atom is 0.410 e. The number of alkyl halides is 1. The number of benzene rings is 1. The van der Waals surface area contributed by atoms with Gasteiger partial charge in [-0.25, -0.2) is 4.79 Å². The molecule has 1 aromatic carbocycles. The number of carbonyl (C=O) groups excluding carboxylic acids is 1. The molecule has 1 amide bonds. The van der Waals surface area contributed by atoms with Crippen LogP contribution in [0.5, 0.6) is 5.75 Å². The highest BCUT2D eigenvalue weighted by Crippen LogP contribution is 2.34. The normalized spacial score (nSPS) is 16.3. The van der Waals surface area contributed by atoms with Crippen LogP contribution in [-0.4, -0.2) is 41.6 Å². The third-order valence-electron chi connectivity index (χ3n) is 3.84. The number of piperidine rings is 1. The van der Waals surface area contributed by atoms with Gasteiger partial charge < -0.3 is 14.4 Å². The maximum absolute atomic E-state index is 12.1. The van der Waals surface area contributed by atoms with Gasteiger partial charge in [0.05, 0.1) is 6.61 Å². The van der Waals surface area contributed by atoms with Crippen molar-refractivity contribution in [2.45, 2.75) is 45.1 Å². The molecule has 4 nitrogen and oxygen atoms in total. The van der Waals surface area contributed by atoms with Gasteiger partial charge in [0.15, 0.2) is 0 Å². The monoisotopic (exact) mass is 383 g/mol. The zero-order chi connectivity index (χ0) is 16.9. The zero-order valence-electron chi connectivity index (χ0n) is 14.2. The summed E-state index contributed by atoms with van der Waals surface area (Å²) in [6.07, 6.45) is 1.67. The summed E-state index contributed by atoms with van der Waals surface area (Å²) in [7, 11) is 0. The van der Waals surface area contributed by atoms with Gasteiger partial charge in [0.1, 0.15) is 11.4 Å². The van der Waals surface area contributed by atoms with Crippen molar-refractivity contribution in [3.05, 3.63) is 29.8 Å². The first-order valence-corrected chi connectivity index (χ1v) is 9.28. The molecule has 1 aromatic rings. The van der Waals surface area contributed by atoms with Crippen LogP contribution in [0, 0.1) is 0 Å². The maximum atomic E-state index is 12.1. The molecular weight excluding hydrogens is 358 g/mol. The van der Waals surface area contributed by atoms with Crippen LogP contribution in [0.4, 0.5) is 4.79 Å². The van der Waals surface area contributed by atoms with Crippen LogP contribution in [0.15, 0.2) is 24.3 Å². The average Bonchev–Trinajstić information content (AvgIpc) is 2.52. The van der Waals surface area contributed by atoms with Crippen molar-refractivity contribution in [3.63, 3.8) is 0 Å². The van der Waals surface area contributed by atoms with Crippen molar-refractivity contribution in [2.24, 2.45) is 0 Å². The van der Waals surface area contributed by atoms with E-state index in [0.29, 0.717) is 12.5 Å². The molecule has 128 valence electrons. The minimum absolute atomic E-state index is 0.209. The van der Waals surface area contributed by atoms with Gasteiger partial charge in [-0.1, -0.05) is 34.1 Å². The highest BCUT2D eigenvalue weighted by molar-refractivity contribution is 9.09. The van der Waals surface area contributed by atoms with Crippen LogP contribution >= 0.6 is 15.9 Å². The molecule has 1 heterocycles. The summed E-state index contributed by atoms with van der Waals surface area (Å²) in [6.45, 7) is 7.81. The van der Waals surface area contributed by atoms with Crippen LogP contribution < -0.4 is 4.74 Å². The molecule has 1 fully saturated rings. The lowest BCUT2D eigenvalue weighted by Gasteiger charge is -2.34. The number of ether oxygens (including phenoxy) is 2. The fraction of sp³-hybridized carbons (Fsp3) is 0.611. The molecule has 0 bridgehead atoms. The van der Waals surface area contributed by atoms with Gasteiger partial charge in [0, 0.05) is 18.4 Å². The Hall–Kier alpha value is -1.23. The van der Waals surface area contributed by atoms with E-state index < -0.39 is 5.60 Å². The molecule has 0 unspecified atom stereocenters. The third kappa shape index (κ3) is 5.41. The summed E-state index contributed by atoms with van der Waals surface area (Å²) in [5.41, 5.74) is 0.807. The Balaban J connectivity index is 1.95. The Morgan fingerprint density at radius 1 is 1.26 bits per heavy atom. The molecular formula is C18H26BrNO3. The van der Waals surface area contributed by atoms with Crippen molar-refractivity contribution < 1.29 is 14.3 Å². The van der Waals surface area contributed by atoms with Gasteiger partial charge in [0.2, 0.25) is 0 Å². The Morgan fingerprint density at radius 2 is 1.91 bits per heavy atom. The van der Waals surface area contributed by atoms with E-state index in [1.807, 2.05) is 37.8 Å². The topological polar surface area (TPSA) is 38.8 Å². The predicted octanol–water partition coefficient (Wildman–Crippen LogP) is 4.57. The summed E-state index contributed by atoms with van der Waals surface area (Å²) >= 11 is 3.39. The van der Waals surface area contributed by atoms with Crippen molar-refractivity contribution in [3.8, 4) is 5.75 Å². The first-order valence-electron chi connectivity index (χ1n) is 8.16. The Bertz CT molecular complexity index is 519. The fourth-order valence-electron chi connectivity index (χ4n) is 2.80. The average molecular weight is 384 g/mol. The summed E-state index contributed by atoms with van der Waals surface area (Å²) < 4.78 is 11.3. The van der Waals surface area contributed by atoms with Crippen molar-refractivity contribution in [1.29, 1.82) is 0 Å². The van der Waals surface area contributed by atoms with E-state index in [1.165, 1.54) is 5.56 Å². The van der Waals surface area contributed by atoms with E-state index >= 15 is 0 Å². The molecule has 0 radical (unpaired) electrons. The number of carbonyl (C=O) groups is 1. The van der Waals surface area contributed by atoms with Crippen molar-refractivity contribution in [1.82, 2.24) is 4.90 Å². The fourth-order valence-corrected chi connectivity index (χ4v) is 2.96. The van der Waals surface area contributed by atoms with Crippen molar-refractivity contribution in [2.75, 3.05) is 25.0 Å². The molecule has 1 saturated heterocycles. The van der Waals surface area contributed by atoms with Crippen LogP contribution in [0.25, 0.3) is 0 Å². The summed E-state index contributed by atoms with van der Waals surface area (Å²) in [5, 5.41) is 0.818. The van der Waals surface area contributed by atoms with Gasteiger partial charge in [-0.05, 0) is 51.2 Å². The second kappa shape index (κ2) is 8.04. The summed E-state index contributed by atoms with van der Waals surface area (Å²) in [5.74, 6) is 1.39. The smallest absolute Gasteiger partial charge is 0.410 e. The first-order chi connectivity index (χ1) is 10.9. The molecule has 1 aliphatic heterocycles. The Labute approximate surface area is 147 Å². The second-order valence-corrected chi connectivity index (χ2v) is 7.61. The molecule has 0 aromatic heterocycles. The number of halogens is 1. The van der Waals surface area contributed by atoms with Crippen LogP contribution in [0.3, 0.4) is 0 Å².